The second kappa shape index (κ2) is 9.26. The van der Waals surface area contributed by atoms with E-state index in [2.05, 4.69) is 29.0 Å². The molecule has 0 aromatic heterocycles. The summed E-state index contributed by atoms with van der Waals surface area (Å²) in [5, 5.41) is 3.27. The Morgan fingerprint density at radius 1 is 1.23 bits per heavy atom. The monoisotopic (exact) mass is 433 g/mol. The first-order valence-electron chi connectivity index (χ1n) is 10.7. The summed E-state index contributed by atoms with van der Waals surface area (Å²) in [6, 6.07) is 9.54. The first kappa shape index (κ1) is 21.6. The van der Waals surface area contributed by atoms with Crippen LogP contribution in [0.15, 0.2) is 30.3 Å². The molecule has 0 radical (unpaired) electrons. The molecule has 1 aromatic carbocycles. The van der Waals surface area contributed by atoms with Gasteiger partial charge in [0.2, 0.25) is 5.91 Å². The lowest BCUT2D eigenvalue weighted by molar-refractivity contribution is -0.153. The van der Waals surface area contributed by atoms with Crippen LogP contribution in [0.3, 0.4) is 0 Å². The van der Waals surface area contributed by atoms with Gasteiger partial charge in [-0.05, 0) is 19.4 Å². The Bertz CT molecular complexity index is 754. The minimum absolute atomic E-state index is 0.0285. The lowest BCUT2D eigenvalue weighted by Gasteiger charge is -2.45. The zero-order valence-corrected chi connectivity index (χ0v) is 18.5. The van der Waals surface area contributed by atoms with Gasteiger partial charge in [-0.2, -0.15) is 0 Å². The summed E-state index contributed by atoms with van der Waals surface area (Å²) in [6.07, 6.45) is 0.380. The second-order valence-corrected chi connectivity index (χ2v) is 10.4. The molecule has 3 fully saturated rings. The Balaban J connectivity index is 1.26. The second-order valence-electron chi connectivity index (χ2n) is 8.67. The number of fused-ring (bicyclic) bond motifs is 1. The fourth-order valence-corrected chi connectivity index (χ4v) is 6.09. The van der Waals surface area contributed by atoms with Crippen LogP contribution >= 0.6 is 11.8 Å². The number of esters is 1. The van der Waals surface area contributed by atoms with Gasteiger partial charge in [-0.15, -0.1) is 11.8 Å². The van der Waals surface area contributed by atoms with Crippen molar-refractivity contribution in [3.05, 3.63) is 35.9 Å². The minimum atomic E-state index is -0.278. The van der Waals surface area contributed by atoms with Crippen molar-refractivity contribution in [2.24, 2.45) is 0 Å². The molecule has 3 atom stereocenters. The highest BCUT2D eigenvalue weighted by atomic mass is 32.2. The third kappa shape index (κ3) is 4.82. The van der Waals surface area contributed by atoms with E-state index in [1.165, 1.54) is 0 Å². The lowest BCUT2D eigenvalue weighted by Crippen LogP contribution is -2.67. The third-order valence-corrected chi connectivity index (χ3v) is 7.70. The predicted octanol–water partition coefficient (Wildman–Crippen LogP) is 1.13. The number of ether oxygens (including phenoxy) is 2. The zero-order valence-electron chi connectivity index (χ0n) is 17.7. The van der Waals surface area contributed by atoms with Crippen LogP contribution < -0.4 is 5.32 Å². The normalized spacial score (nSPS) is 28.4. The van der Waals surface area contributed by atoms with Crippen LogP contribution in [0.1, 0.15) is 19.4 Å². The highest BCUT2D eigenvalue weighted by molar-refractivity contribution is 8.01. The first-order chi connectivity index (χ1) is 14.4. The molecule has 0 bridgehead atoms. The van der Waals surface area contributed by atoms with Gasteiger partial charge in [-0.25, -0.2) is 0 Å². The molecule has 3 aliphatic heterocycles. The Morgan fingerprint density at radius 3 is 2.70 bits per heavy atom. The Hall–Kier alpha value is -1.61. The average Bonchev–Trinajstić information content (AvgIpc) is 2.94. The maximum Gasteiger partial charge on any atom is 0.324 e. The molecule has 0 spiro atoms. The van der Waals surface area contributed by atoms with Crippen molar-refractivity contribution < 1.29 is 19.1 Å². The van der Waals surface area contributed by atoms with Crippen LogP contribution in [-0.2, 0) is 25.5 Å². The van der Waals surface area contributed by atoms with E-state index in [0.29, 0.717) is 19.6 Å². The molecule has 0 aliphatic carbocycles. The van der Waals surface area contributed by atoms with E-state index in [1.54, 1.807) is 11.8 Å². The van der Waals surface area contributed by atoms with Crippen molar-refractivity contribution in [3.63, 3.8) is 0 Å². The van der Waals surface area contributed by atoms with Crippen LogP contribution in [0.4, 0.5) is 0 Å². The van der Waals surface area contributed by atoms with E-state index in [-0.39, 0.29) is 34.1 Å². The summed E-state index contributed by atoms with van der Waals surface area (Å²) in [6.45, 7) is 9.29. The number of carbonyl (C=O) groups is 2. The summed E-state index contributed by atoms with van der Waals surface area (Å²) < 4.78 is 10.7. The fraction of sp³-hybridized carbons (Fsp3) is 0.636. The van der Waals surface area contributed by atoms with E-state index in [4.69, 9.17) is 9.47 Å². The molecule has 3 saturated heterocycles. The van der Waals surface area contributed by atoms with Crippen LogP contribution in [0.2, 0.25) is 0 Å². The van der Waals surface area contributed by atoms with Gasteiger partial charge in [-0.3, -0.25) is 19.4 Å². The van der Waals surface area contributed by atoms with Crippen molar-refractivity contribution in [2.75, 3.05) is 46.0 Å². The number of amides is 1. The van der Waals surface area contributed by atoms with Crippen molar-refractivity contribution in [2.45, 2.75) is 42.5 Å². The molecule has 1 aromatic rings. The van der Waals surface area contributed by atoms with Gasteiger partial charge in [0.1, 0.15) is 12.6 Å². The van der Waals surface area contributed by atoms with Crippen LogP contribution in [0, 0.1) is 0 Å². The number of thioether (sulfide) groups is 1. The van der Waals surface area contributed by atoms with E-state index in [1.807, 2.05) is 30.3 Å². The highest BCUT2D eigenvalue weighted by Crippen LogP contribution is 2.50. The Morgan fingerprint density at radius 2 is 1.97 bits per heavy atom. The number of carbonyl (C=O) groups excluding carboxylic acids is 2. The molecule has 1 N–H and O–H groups in total. The van der Waals surface area contributed by atoms with Gasteiger partial charge in [0.15, 0.2) is 0 Å². The predicted molar refractivity (Wildman–Crippen MR) is 116 cm³/mol. The Kier molecular flexibility index (Phi) is 6.67. The lowest BCUT2D eigenvalue weighted by atomic mass is 9.96. The topological polar surface area (TPSA) is 71.1 Å². The smallest absolute Gasteiger partial charge is 0.324 e. The summed E-state index contributed by atoms with van der Waals surface area (Å²) in [5.41, 5.74) is 1.01. The zero-order chi connectivity index (χ0) is 21.1. The molecule has 0 unspecified atom stereocenters. The van der Waals surface area contributed by atoms with Gasteiger partial charge >= 0.3 is 5.97 Å². The Labute approximate surface area is 182 Å². The largest absolute Gasteiger partial charge is 0.463 e. The van der Waals surface area contributed by atoms with Crippen molar-refractivity contribution in [3.8, 4) is 0 Å². The molecular weight excluding hydrogens is 402 g/mol. The molecule has 3 heterocycles. The quantitative estimate of drug-likeness (QED) is 0.646. The molecule has 4 rings (SSSR count). The van der Waals surface area contributed by atoms with E-state index in [0.717, 1.165) is 38.4 Å². The van der Waals surface area contributed by atoms with Crippen LogP contribution in [0.5, 0.6) is 0 Å². The number of morpholine rings is 1. The maximum absolute atomic E-state index is 12.9. The van der Waals surface area contributed by atoms with Crippen LogP contribution in [-0.4, -0.2) is 89.9 Å². The first-order valence-corrected chi connectivity index (χ1v) is 11.6. The van der Waals surface area contributed by atoms with Crippen molar-refractivity contribution in [1.82, 2.24) is 15.1 Å². The highest BCUT2D eigenvalue weighted by Gasteiger charge is 2.59. The fourth-order valence-electron chi connectivity index (χ4n) is 4.45. The molecular formula is C22H31N3O4S. The number of hydrogen-bond acceptors (Lipinski definition) is 7. The maximum atomic E-state index is 12.9. The molecule has 0 saturated carbocycles. The minimum Gasteiger partial charge on any atom is -0.463 e. The number of rotatable bonds is 7. The third-order valence-electron chi connectivity index (χ3n) is 6.03. The number of benzene rings is 1. The van der Waals surface area contributed by atoms with Gasteiger partial charge in [-0.1, -0.05) is 30.3 Å². The molecule has 7 nitrogen and oxygen atoms in total. The molecule has 164 valence electrons. The molecule has 3 aliphatic rings. The number of nitrogens with zero attached hydrogens (tertiary/aromatic N) is 2. The summed E-state index contributed by atoms with van der Waals surface area (Å²) >= 11 is 1.76. The van der Waals surface area contributed by atoms with Crippen molar-refractivity contribution >= 4 is 23.6 Å². The SMILES string of the molecule is CC1(C)S[C@@H]2[C@H](NC(=O)Cc3ccccc3)CN2[C@H]1C(=O)OCCN1CCOCC1. The molecule has 8 heteroatoms. The van der Waals surface area contributed by atoms with Crippen LogP contribution in [0.25, 0.3) is 0 Å². The average molecular weight is 434 g/mol. The van der Waals surface area contributed by atoms with E-state index < -0.39 is 0 Å². The van der Waals surface area contributed by atoms with Crippen molar-refractivity contribution in [1.29, 1.82) is 0 Å². The summed E-state index contributed by atoms with van der Waals surface area (Å²) in [7, 11) is 0. The number of hydrogen-bond donors (Lipinski definition) is 1. The molecule has 30 heavy (non-hydrogen) atoms. The number of nitrogens with one attached hydrogen (secondary N) is 1. The standard InChI is InChI=1S/C22H31N3O4S/c1-22(2)19(21(27)29-13-10-24-8-11-28-12-9-24)25-15-17(20(25)30-22)23-18(26)14-16-6-4-3-5-7-16/h3-7,17,19-20H,8-15H2,1-2H3,(H,23,26)/t17-,19+,20-/m1/s1. The van der Waals surface area contributed by atoms with Gasteiger partial charge in [0.05, 0.1) is 31.1 Å². The van der Waals surface area contributed by atoms with Gasteiger partial charge < -0.3 is 14.8 Å². The molecule has 1 amide bonds. The van der Waals surface area contributed by atoms with E-state index in [9.17, 15) is 9.59 Å². The van der Waals surface area contributed by atoms with E-state index >= 15 is 0 Å². The van der Waals surface area contributed by atoms with Gasteiger partial charge in [0, 0.05) is 30.9 Å². The summed E-state index contributed by atoms with van der Waals surface area (Å²) in [5.74, 6) is -0.127. The summed E-state index contributed by atoms with van der Waals surface area (Å²) in [4.78, 5) is 29.7. The van der Waals surface area contributed by atoms with Gasteiger partial charge in [0.25, 0.3) is 0 Å².